The van der Waals surface area contributed by atoms with Crippen LogP contribution in [0.3, 0.4) is 0 Å². The Kier molecular flexibility index (Phi) is 3.71. The van der Waals surface area contributed by atoms with Gasteiger partial charge in [-0.05, 0) is 63.8 Å². The second-order valence-corrected chi connectivity index (χ2v) is 5.47. The van der Waals surface area contributed by atoms with E-state index in [1.807, 2.05) is 12.1 Å². The maximum absolute atomic E-state index is 9.73. The summed E-state index contributed by atoms with van der Waals surface area (Å²) in [6, 6.07) is 8.95. The minimum atomic E-state index is 0.253. The largest absolute Gasteiger partial charge is 0.508 e. The summed E-state index contributed by atoms with van der Waals surface area (Å²) >= 11 is 0. The van der Waals surface area contributed by atoms with E-state index in [0.29, 0.717) is 0 Å². The SMILES string of the molecule is CN(C)CCCc1c(-c2ccco2)oc2ccc(O)cc12. The Balaban J connectivity index is 2.04. The lowest BCUT2D eigenvalue weighted by atomic mass is 10.0. The normalized spacial score (nSPS) is 11.6. The van der Waals surface area contributed by atoms with Gasteiger partial charge in [-0.15, -0.1) is 0 Å². The molecule has 1 N–H and O–H groups in total. The molecule has 21 heavy (non-hydrogen) atoms. The number of benzene rings is 1. The van der Waals surface area contributed by atoms with Crippen molar-refractivity contribution in [3.8, 4) is 17.3 Å². The highest BCUT2D eigenvalue weighted by Gasteiger charge is 2.18. The Bertz CT molecular complexity index is 726. The van der Waals surface area contributed by atoms with Crippen molar-refractivity contribution < 1.29 is 13.9 Å². The van der Waals surface area contributed by atoms with Gasteiger partial charge >= 0.3 is 0 Å². The van der Waals surface area contributed by atoms with E-state index in [4.69, 9.17) is 8.83 Å². The fourth-order valence-electron chi connectivity index (χ4n) is 2.56. The van der Waals surface area contributed by atoms with E-state index in [2.05, 4.69) is 19.0 Å². The zero-order valence-corrected chi connectivity index (χ0v) is 12.3. The number of hydrogen-bond donors (Lipinski definition) is 1. The number of phenols is 1. The fraction of sp³-hybridized carbons (Fsp3) is 0.294. The number of aromatic hydroxyl groups is 1. The van der Waals surface area contributed by atoms with Crippen LogP contribution in [-0.4, -0.2) is 30.6 Å². The van der Waals surface area contributed by atoms with Crippen LogP contribution in [0.4, 0.5) is 0 Å². The van der Waals surface area contributed by atoms with Crippen LogP contribution in [0.15, 0.2) is 45.4 Å². The Morgan fingerprint density at radius 2 is 2.05 bits per heavy atom. The van der Waals surface area contributed by atoms with E-state index in [1.54, 1.807) is 24.5 Å². The molecular formula is C17H19NO3. The quantitative estimate of drug-likeness (QED) is 0.772. The van der Waals surface area contributed by atoms with Gasteiger partial charge in [0, 0.05) is 10.9 Å². The van der Waals surface area contributed by atoms with E-state index in [0.717, 1.165) is 47.4 Å². The summed E-state index contributed by atoms with van der Waals surface area (Å²) in [5.74, 6) is 1.74. The number of rotatable bonds is 5. The van der Waals surface area contributed by atoms with Crippen LogP contribution in [0.5, 0.6) is 5.75 Å². The Hall–Kier alpha value is -2.20. The molecule has 0 unspecified atom stereocenters. The topological polar surface area (TPSA) is 49.8 Å². The molecule has 0 saturated carbocycles. The van der Waals surface area contributed by atoms with Gasteiger partial charge in [0.25, 0.3) is 0 Å². The first kappa shape index (κ1) is 13.8. The number of fused-ring (bicyclic) bond motifs is 1. The molecule has 0 fully saturated rings. The highest BCUT2D eigenvalue weighted by molar-refractivity contribution is 5.88. The lowest BCUT2D eigenvalue weighted by Gasteiger charge is -2.08. The van der Waals surface area contributed by atoms with Gasteiger partial charge in [0.05, 0.1) is 6.26 Å². The van der Waals surface area contributed by atoms with E-state index < -0.39 is 0 Å². The van der Waals surface area contributed by atoms with Crippen molar-refractivity contribution in [2.75, 3.05) is 20.6 Å². The number of aryl methyl sites for hydroxylation is 1. The summed E-state index contributed by atoms with van der Waals surface area (Å²) in [4.78, 5) is 2.16. The average molecular weight is 285 g/mol. The summed E-state index contributed by atoms with van der Waals surface area (Å²) in [6.45, 7) is 1.00. The molecule has 0 spiro atoms. The predicted octanol–water partition coefficient (Wildman–Crippen LogP) is 3.89. The van der Waals surface area contributed by atoms with Crippen LogP contribution < -0.4 is 0 Å². The van der Waals surface area contributed by atoms with Crippen molar-refractivity contribution in [3.63, 3.8) is 0 Å². The van der Waals surface area contributed by atoms with E-state index in [9.17, 15) is 5.11 Å². The maximum Gasteiger partial charge on any atom is 0.173 e. The van der Waals surface area contributed by atoms with Crippen molar-refractivity contribution in [3.05, 3.63) is 42.2 Å². The van der Waals surface area contributed by atoms with Gasteiger partial charge in [-0.3, -0.25) is 0 Å². The molecule has 110 valence electrons. The molecule has 0 radical (unpaired) electrons. The molecule has 0 bridgehead atoms. The summed E-state index contributed by atoms with van der Waals surface area (Å²) < 4.78 is 11.4. The Morgan fingerprint density at radius 1 is 1.19 bits per heavy atom. The second kappa shape index (κ2) is 5.66. The minimum absolute atomic E-state index is 0.253. The monoisotopic (exact) mass is 285 g/mol. The van der Waals surface area contributed by atoms with Crippen LogP contribution in [0, 0.1) is 0 Å². The van der Waals surface area contributed by atoms with Crippen LogP contribution in [0.2, 0.25) is 0 Å². The smallest absolute Gasteiger partial charge is 0.173 e. The van der Waals surface area contributed by atoms with Crippen LogP contribution >= 0.6 is 0 Å². The number of nitrogens with zero attached hydrogens (tertiary/aromatic N) is 1. The zero-order valence-electron chi connectivity index (χ0n) is 12.3. The first-order valence-corrected chi connectivity index (χ1v) is 7.08. The first-order valence-electron chi connectivity index (χ1n) is 7.08. The molecule has 4 heteroatoms. The highest BCUT2D eigenvalue weighted by atomic mass is 16.4. The molecule has 0 aliphatic carbocycles. The van der Waals surface area contributed by atoms with Crippen molar-refractivity contribution in [2.24, 2.45) is 0 Å². The standard InChI is InChI=1S/C17H19NO3/c1-18(2)9-3-5-13-14-11-12(19)7-8-15(14)21-17(13)16-6-4-10-20-16/h4,6-8,10-11,19H,3,5,9H2,1-2H3. The molecule has 0 aliphatic rings. The minimum Gasteiger partial charge on any atom is -0.508 e. The van der Waals surface area contributed by atoms with Crippen molar-refractivity contribution in [1.82, 2.24) is 4.90 Å². The predicted molar refractivity (Wildman–Crippen MR) is 82.5 cm³/mol. The zero-order chi connectivity index (χ0) is 14.8. The lowest BCUT2D eigenvalue weighted by molar-refractivity contribution is 0.400. The van der Waals surface area contributed by atoms with Crippen LogP contribution in [-0.2, 0) is 6.42 Å². The molecule has 0 amide bonds. The molecular weight excluding hydrogens is 266 g/mol. The Morgan fingerprint density at radius 3 is 2.76 bits per heavy atom. The summed E-state index contributed by atoms with van der Waals surface area (Å²) in [5, 5.41) is 10.7. The number of phenolic OH excluding ortho intramolecular Hbond substituents is 1. The van der Waals surface area contributed by atoms with Crippen LogP contribution in [0.25, 0.3) is 22.5 Å². The van der Waals surface area contributed by atoms with Gasteiger partial charge < -0.3 is 18.8 Å². The van der Waals surface area contributed by atoms with Gasteiger partial charge in [-0.25, -0.2) is 0 Å². The highest BCUT2D eigenvalue weighted by Crippen LogP contribution is 2.36. The molecule has 0 atom stereocenters. The van der Waals surface area contributed by atoms with Crippen molar-refractivity contribution in [1.29, 1.82) is 0 Å². The maximum atomic E-state index is 9.73. The number of furan rings is 2. The third-order valence-electron chi connectivity index (χ3n) is 3.55. The van der Waals surface area contributed by atoms with Gasteiger partial charge in [0.15, 0.2) is 11.5 Å². The molecule has 3 rings (SSSR count). The Labute approximate surface area is 123 Å². The number of hydrogen-bond acceptors (Lipinski definition) is 4. The second-order valence-electron chi connectivity index (χ2n) is 5.47. The third-order valence-corrected chi connectivity index (χ3v) is 3.55. The van der Waals surface area contributed by atoms with Crippen LogP contribution in [0.1, 0.15) is 12.0 Å². The molecule has 4 nitrogen and oxygen atoms in total. The molecule has 3 aromatic rings. The van der Waals surface area contributed by atoms with E-state index in [-0.39, 0.29) is 5.75 Å². The molecule has 2 heterocycles. The van der Waals surface area contributed by atoms with E-state index >= 15 is 0 Å². The summed E-state index contributed by atoms with van der Waals surface area (Å²) in [5.41, 5.74) is 1.87. The van der Waals surface area contributed by atoms with Gasteiger partial charge in [0.1, 0.15) is 11.3 Å². The summed E-state index contributed by atoms with van der Waals surface area (Å²) in [7, 11) is 4.12. The van der Waals surface area contributed by atoms with Gasteiger partial charge in [0.2, 0.25) is 0 Å². The first-order chi connectivity index (χ1) is 10.1. The third kappa shape index (κ3) is 2.81. The summed E-state index contributed by atoms with van der Waals surface area (Å²) in [6.07, 6.45) is 3.54. The lowest BCUT2D eigenvalue weighted by Crippen LogP contribution is -2.13. The molecule has 2 aromatic heterocycles. The molecule has 1 aromatic carbocycles. The molecule has 0 saturated heterocycles. The fourth-order valence-corrected chi connectivity index (χ4v) is 2.56. The van der Waals surface area contributed by atoms with E-state index in [1.165, 1.54) is 0 Å². The average Bonchev–Trinajstić information content (AvgIpc) is 3.06. The van der Waals surface area contributed by atoms with Crippen molar-refractivity contribution >= 4 is 11.0 Å². The van der Waals surface area contributed by atoms with Gasteiger partial charge in [-0.2, -0.15) is 0 Å². The van der Waals surface area contributed by atoms with Gasteiger partial charge in [-0.1, -0.05) is 0 Å². The van der Waals surface area contributed by atoms with Crippen molar-refractivity contribution in [2.45, 2.75) is 12.8 Å². The molecule has 0 aliphatic heterocycles.